The predicted octanol–water partition coefficient (Wildman–Crippen LogP) is 0.348. The Bertz CT molecular complexity index is 576. The van der Waals surface area contributed by atoms with Crippen LogP contribution in [0.1, 0.15) is 20.7 Å². The SMILES string of the molecule is COC(=O)NNC(=S)NC(=O)c1cccc(C(=O)OC)c1. The summed E-state index contributed by atoms with van der Waals surface area (Å²) in [5.41, 5.74) is 4.79. The van der Waals surface area contributed by atoms with Crippen molar-refractivity contribution in [3.63, 3.8) is 0 Å². The number of thiocarbonyl (C=S) groups is 1. The summed E-state index contributed by atoms with van der Waals surface area (Å²) in [5.74, 6) is -1.11. The third kappa shape index (κ3) is 5.07. The lowest BCUT2D eigenvalue weighted by Crippen LogP contribution is -2.48. The van der Waals surface area contributed by atoms with E-state index in [0.29, 0.717) is 0 Å². The van der Waals surface area contributed by atoms with E-state index in [2.05, 4.69) is 25.6 Å². The maximum Gasteiger partial charge on any atom is 0.425 e. The van der Waals surface area contributed by atoms with Crippen molar-refractivity contribution in [3.8, 4) is 0 Å². The summed E-state index contributed by atoms with van der Waals surface area (Å²) in [6, 6.07) is 5.90. The third-order valence-corrected chi connectivity index (χ3v) is 2.44. The summed E-state index contributed by atoms with van der Waals surface area (Å²) >= 11 is 4.80. The molecule has 1 rings (SSSR count). The minimum Gasteiger partial charge on any atom is -0.465 e. The number of hydrazine groups is 1. The van der Waals surface area contributed by atoms with Gasteiger partial charge in [0, 0.05) is 5.56 Å². The fourth-order valence-corrected chi connectivity index (χ4v) is 1.41. The molecule has 0 atom stereocenters. The highest BCUT2D eigenvalue weighted by Gasteiger charge is 2.12. The van der Waals surface area contributed by atoms with Gasteiger partial charge in [0.2, 0.25) is 0 Å². The highest BCUT2D eigenvalue weighted by Crippen LogP contribution is 2.06. The molecule has 0 radical (unpaired) electrons. The quantitative estimate of drug-likeness (QED) is 0.411. The van der Waals surface area contributed by atoms with Crippen molar-refractivity contribution in [1.29, 1.82) is 0 Å². The molecule has 1 aromatic carbocycles. The highest BCUT2D eigenvalue weighted by atomic mass is 32.1. The first-order chi connectivity index (χ1) is 9.97. The zero-order chi connectivity index (χ0) is 15.8. The number of ether oxygens (including phenoxy) is 2. The molecule has 0 aliphatic rings. The predicted molar refractivity (Wildman–Crippen MR) is 76.5 cm³/mol. The van der Waals surface area contributed by atoms with Gasteiger partial charge in [0.05, 0.1) is 19.8 Å². The second-order valence-electron chi connectivity index (χ2n) is 3.60. The van der Waals surface area contributed by atoms with E-state index in [1.165, 1.54) is 38.5 Å². The maximum atomic E-state index is 11.9. The number of hydrogen-bond acceptors (Lipinski definition) is 6. The van der Waals surface area contributed by atoms with Gasteiger partial charge in [-0.25, -0.2) is 15.0 Å². The summed E-state index contributed by atoms with van der Waals surface area (Å²) in [4.78, 5) is 34.1. The van der Waals surface area contributed by atoms with Crippen molar-refractivity contribution in [2.24, 2.45) is 0 Å². The number of amides is 2. The van der Waals surface area contributed by atoms with E-state index in [1.807, 2.05) is 0 Å². The van der Waals surface area contributed by atoms with Gasteiger partial charge in [-0.05, 0) is 30.4 Å². The molecule has 0 aliphatic carbocycles. The van der Waals surface area contributed by atoms with E-state index in [4.69, 9.17) is 12.2 Å². The first-order valence-electron chi connectivity index (χ1n) is 5.61. The van der Waals surface area contributed by atoms with Crippen LogP contribution in [0.3, 0.4) is 0 Å². The van der Waals surface area contributed by atoms with Crippen molar-refractivity contribution < 1.29 is 23.9 Å². The minimum absolute atomic E-state index is 0.131. The van der Waals surface area contributed by atoms with Gasteiger partial charge in [0.1, 0.15) is 0 Å². The molecule has 0 heterocycles. The molecule has 0 spiro atoms. The minimum atomic E-state index is -0.765. The molecule has 2 amide bonds. The number of carbonyl (C=O) groups excluding carboxylic acids is 3. The topological polar surface area (TPSA) is 106 Å². The average Bonchev–Trinajstić information content (AvgIpc) is 2.51. The van der Waals surface area contributed by atoms with E-state index in [-0.39, 0.29) is 16.2 Å². The monoisotopic (exact) mass is 311 g/mol. The molecule has 0 aromatic heterocycles. The molecular weight excluding hydrogens is 298 g/mol. The van der Waals surface area contributed by atoms with Crippen LogP contribution in [0.4, 0.5) is 4.79 Å². The molecule has 1 aromatic rings. The summed E-state index contributed by atoms with van der Waals surface area (Å²) in [7, 11) is 2.42. The highest BCUT2D eigenvalue weighted by molar-refractivity contribution is 7.80. The van der Waals surface area contributed by atoms with Gasteiger partial charge < -0.3 is 9.47 Å². The Morgan fingerprint density at radius 2 is 1.71 bits per heavy atom. The van der Waals surface area contributed by atoms with Crippen LogP contribution in [0, 0.1) is 0 Å². The zero-order valence-electron chi connectivity index (χ0n) is 11.3. The van der Waals surface area contributed by atoms with Crippen LogP contribution in [-0.2, 0) is 9.47 Å². The summed E-state index contributed by atoms with van der Waals surface area (Å²) in [6.07, 6.45) is -0.765. The van der Waals surface area contributed by atoms with Crippen molar-refractivity contribution >= 4 is 35.3 Å². The van der Waals surface area contributed by atoms with E-state index in [0.717, 1.165) is 0 Å². The molecule has 0 saturated heterocycles. The Hall–Kier alpha value is -2.68. The summed E-state index contributed by atoms with van der Waals surface area (Å²) in [5, 5.41) is 2.19. The van der Waals surface area contributed by atoms with Crippen molar-refractivity contribution in [3.05, 3.63) is 35.4 Å². The average molecular weight is 311 g/mol. The first kappa shape index (κ1) is 16.4. The Morgan fingerprint density at radius 3 is 2.33 bits per heavy atom. The van der Waals surface area contributed by atoms with Gasteiger partial charge in [-0.1, -0.05) is 6.07 Å². The zero-order valence-corrected chi connectivity index (χ0v) is 12.1. The maximum absolute atomic E-state index is 11.9. The van der Waals surface area contributed by atoms with Crippen LogP contribution >= 0.6 is 12.2 Å². The fraction of sp³-hybridized carbons (Fsp3) is 0.167. The molecule has 0 aliphatic heterocycles. The largest absolute Gasteiger partial charge is 0.465 e. The van der Waals surface area contributed by atoms with Crippen LogP contribution in [0.15, 0.2) is 24.3 Å². The van der Waals surface area contributed by atoms with Gasteiger partial charge >= 0.3 is 12.1 Å². The van der Waals surface area contributed by atoms with Gasteiger partial charge in [-0.2, -0.15) is 0 Å². The molecule has 0 unspecified atom stereocenters. The summed E-state index contributed by atoms with van der Waals surface area (Å²) in [6.45, 7) is 0. The fourth-order valence-electron chi connectivity index (χ4n) is 1.27. The number of hydrogen-bond donors (Lipinski definition) is 3. The van der Waals surface area contributed by atoms with Gasteiger partial charge in [-0.3, -0.25) is 15.5 Å². The summed E-state index contributed by atoms with van der Waals surface area (Å²) < 4.78 is 8.87. The van der Waals surface area contributed by atoms with Crippen LogP contribution in [0.25, 0.3) is 0 Å². The number of benzene rings is 1. The normalized spacial score (nSPS) is 9.24. The number of carbonyl (C=O) groups is 3. The molecule has 21 heavy (non-hydrogen) atoms. The molecule has 8 nitrogen and oxygen atoms in total. The van der Waals surface area contributed by atoms with Crippen LogP contribution in [0.2, 0.25) is 0 Å². The standard InChI is InChI=1S/C12H13N3O5S/c1-19-10(17)8-5-3-4-7(6-8)9(16)13-11(21)14-15-12(18)20-2/h3-6H,1-2H3,(H,15,18)(H2,13,14,16,21). The van der Waals surface area contributed by atoms with E-state index < -0.39 is 18.0 Å². The number of rotatable bonds is 2. The van der Waals surface area contributed by atoms with Crippen molar-refractivity contribution in [2.75, 3.05) is 14.2 Å². The van der Waals surface area contributed by atoms with Crippen LogP contribution < -0.4 is 16.2 Å². The first-order valence-corrected chi connectivity index (χ1v) is 6.02. The number of nitrogens with one attached hydrogen (secondary N) is 3. The van der Waals surface area contributed by atoms with Crippen LogP contribution in [0.5, 0.6) is 0 Å². The van der Waals surface area contributed by atoms with E-state index in [1.54, 1.807) is 0 Å². The molecule has 112 valence electrons. The van der Waals surface area contributed by atoms with Gasteiger partial charge in [0.15, 0.2) is 5.11 Å². The molecule has 0 saturated carbocycles. The Morgan fingerprint density at radius 1 is 1.05 bits per heavy atom. The van der Waals surface area contributed by atoms with Crippen molar-refractivity contribution in [2.45, 2.75) is 0 Å². The van der Waals surface area contributed by atoms with Crippen LogP contribution in [-0.4, -0.2) is 37.3 Å². The van der Waals surface area contributed by atoms with E-state index in [9.17, 15) is 14.4 Å². The second-order valence-corrected chi connectivity index (χ2v) is 4.01. The molecule has 0 fully saturated rings. The smallest absolute Gasteiger partial charge is 0.425 e. The van der Waals surface area contributed by atoms with E-state index >= 15 is 0 Å². The Balaban J connectivity index is 2.65. The second kappa shape index (κ2) is 7.80. The molecular formula is C12H13N3O5S. The van der Waals surface area contributed by atoms with Crippen molar-refractivity contribution in [1.82, 2.24) is 16.2 Å². The molecule has 3 N–H and O–H groups in total. The number of methoxy groups -OCH3 is 2. The Labute approximate surface area is 125 Å². The third-order valence-electron chi connectivity index (χ3n) is 2.24. The lowest BCUT2D eigenvalue weighted by Gasteiger charge is -2.10. The van der Waals surface area contributed by atoms with Gasteiger partial charge in [0.25, 0.3) is 5.91 Å². The lowest BCUT2D eigenvalue weighted by atomic mass is 10.1. The lowest BCUT2D eigenvalue weighted by molar-refractivity contribution is 0.0600. The van der Waals surface area contributed by atoms with Gasteiger partial charge in [-0.15, -0.1) is 0 Å². The molecule has 0 bridgehead atoms. The molecule has 9 heteroatoms. The number of esters is 1. The Kier molecular flexibility index (Phi) is 6.08.